The molecule has 1 aromatic heterocycles. The van der Waals surface area contributed by atoms with Gasteiger partial charge in [-0.25, -0.2) is 4.98 Å². The van der Waals surface area contributed by atoms with E-state index in [0.717, 1.165) is 53.6 Å². The third-order valence-corrected chi connectivity index (χ3v) is 4.41. The molecule has 0 spiro atoms. The van der Waals surface area contributed by atoms with Crippen LogP contribution in [0.25, 0.3) is 0 Å². The Hall–Kier alpha value is -1.62. The lowest BCUT2D eigenvalue weighted by Crippen LogP contribution is -2.27. The van der Waals surface area contributed by atoms with E-state index in [2.05, 4.69) is 70.1 Å². The number of anilines is 3. The SMILES string of the molecule is CCCN(CCC)c1nc(C)cc(Nc2ccc(C)c(Br)c2)n1. The summed E-state index contributed by atoms with van der Waals surface area (Å²) in [6.07, 6.45) is 2.18. The van der Waals surface area contributed by atoms with Gasteiger partial charge in [-0.1, -0.05) is 35.8 Å². The zero-order valence-electron chi connectivity index (χ0n) is 14.4. The highest BCUT2D eigenvalue weighted by Crippen LogP contribution is 2.24. The van der Waals surface area contributed by atoms with Crippen LogP contribution in [-0.4, -0.2) is 23.1 Å². The average Bonchev–Trinajstić information content (AvgIpc) is 2.50. The second-order valence-corrected chi connectivity index (χ2v) is 6.62. The number of hydrogen-bond acceptors (Lipinski definition) is 4. The highest BCUT2D eigenvalue weighted by molar-refractivity contribution is 9.10. The standard InChI is InChI=1S/C18H25BrN4/c1-5-9-23(10-6-2)18-20-14(4)11-17(22-18)21-15-8-7-13(3)16(19)12-15/h7-8,11-12H,5-6,9-10H2,1-4H3,(H,20,21,22). The molecule has 1 heterocycles. The Balaban J connectivity index is 2.26. The van der Waals surface area contributed by atoms with Gasteiger partial charge in [-0.2, -0.15) is 4.98 Å². The molecule has 4 nitrogen and oxygen atoms in total. The molecule has 0 atom stereocenters. The third kappa shape index (κ3) is 4.93. The fourth-order valence-corrected chi connectivity index (χ4v) is 2.81. The van der Waals surface area contributed by atoms with Gasteiger partial charge in [-0.05, 0) is 44.4 Å². The molecule has 0 radical (unpaired) electrons. The molecule has 124 valence electrons. The molecule has 0 aliphatic heterocycles. The van der Waals surface area contributed by atoms with E-state index >= 15 is 0 Å². The smallest absolute Gasteiger partial charge is 0.227 e. The minimum atomic E-state index is 0.808. The van der Waals surface area contributed by atoms with E-state index in [-0.39, 0.29) is 0 Å². The quantitative estimate of drug-likeness (QED) is 0.718. The molecule has 0 bridgehead atoms. The van der Waals surface area contributed by atoms with Crippen LogP contribution in [0.3, 0.4) is 0 Å². The molecule has 0 amide bonds. The molecule has 2 rings (SSSR count). The molecule has 23 heavy (non-hydrogen) atoms. The summed E-state index contributed by atoms with van der Waals surface area (Å²) in [5.41, 5.74) is 3.21. The summed E-state index contributed by atoms with van der Waals surface area (Å²) in [7, 11) is 0. The van der Waals surface area contributed by atoms with Gasteiger partial charge in [0.05, 0.1) is 0 Å². The first-order chi connectivity index (χ1) is 11.0. The summed E-state index contributed by atoms with van der Waals surface area (Å²) < 4.78 is 1.09. The van der Waals surface area contributed by atoms with Crippen LogP contribution in [0.15, 0.2) is 28.7 Å². The molecular weight excluding hydrogens is 352 g/mol. The van der Waals surface area contributed by atoms with Crippen molar-refractivity contribution in [3.8, 4) is 0 Å². The summed E-state index contributed by atoms with van der Waals surface area (Å²) >= 11 is 3.57. The lowest BCUT2D eigenvalue weighted by Gasteiger charge is -2.22. The maximum absolute atomic E-state index is 4.71. The van der Waals surface area contributed by atoms with Gasteiger partial charge in [-0.15, -0.1) is 0 Å². The van der Waals surface area contributed by atoms with Crippen molar-refractivity contribution in [2.75, 3.05) is 23.3 Å². The van der Waals surface area contributed by atoms with Crippen molar-refractivity contribution in [2.24, 2.45) is 0 Å². The summed E-state index contributed by atoms with van der Waals surface area (Å²) in [6, 6.07) is 8.20. The van der Waals surface area contributed by atoms with Crippen LogP contribution in [0.5, 0.6) is 0 Å². The van der Waals surface area contributed by atoms with Crippen LogP contribution < -0.4 is 10.2 Å². The summed E-state index contributed by atoms with van der Waals surface area (Å²) in [6.45, 7) is 10.4. The highest BCUT2D eigenvalue weighted by atomic mass is 79.9. The van der Waals surface area contributed by atoms with Crippen LogP contribution in [0.4, 0.5) is 17.5 Å². The van der Waals surface area contributed by atoms with Crippen molar-refractivity contribution in [3.05, 3.63) is 40.0 Å². The Morgan fingerprint density at radius 2 is 1.74 bits per heavy atom. The number of rotatable bonds is 7. The summed E-state index contributed by atoms with van der Waals surface area (Å²) in [4.78, 5) is 11.6. The van der Waals surface area contributed by atoms with Crippen molar-refractivity contribution < 1.29 is 0 Å². The first-order valence-corrected chi connectivity index (χ1v) is 8.96. The number of benzene rings is 1. The van der Waals surface area contributed by atoms with Gasteiger partial charge in [0.2, 0.25) is 5.95 Å². The molecule has 0 aliphatic rings. The van der Waals surface area contributed by atoms with Crippen LogP contribution in [-0.2, 0) is 0 Å². The Morgan fingerprint density at radius 1 is 1.04 bits per heavy atom. The summed E-state index contributed by atoms with van der Waals surface area (Å²) in [5, 5.41) is 3.38. The molecular formula is C18H25BrN4. The number of nitrogens with zero attached hydrogens (tertiary/aromatic N) is 3. The van der Waals surface area contributed by atoms with Gasteiger partial charge in [0.1, 0.15) is 5.82 Å². The van der Waals surface area contributed by atoms with E-state index in [9.17, 15) is 0 Å². The Bertz CT molecular complexity index is 651. The fraction of sp³-hybridized carbons (Fsp3) is 0.444. The van der Waals surface area contributed by atoms with Crippen molar-refractivity contribution in [1.29, 1.82) is 0 Å². The normalized spacial score (nSPS) is 10.7. The number of aromatic nitrogens is 2. The topological polar surface area (TPSA) is 41.1 Å². The van der Waals surface area contributed by atoms with Gasteiger partial charge in [-0.3, -0.25) is 0 Å². The van der Waals surface area contributed by atoms with Crippen molar-refractivity contribution >= 4 is 33.4 Å². The molecule has 0 unspecified atom stereocenters. The molecule has 0 saturated carbocycles. The first-order valence-electron chi connectivity index (χ1n) is 8.17. The minimum Gasteiger partial charge on any atom is -0.341 e. The molecule has 5 heteroatoms. The average molecular weight is 377 g/mol. The molecule has 0 aliphatic carbocycles. The highest BCUT2D eigenvalue weighted by Gasteiger charge is 2.10. The number of nitrogens with one attached hydrogen (secondary N) is 1. The zero-order valence-corrected chi connectivity index (χ0v) is 15.9. The van der Waals surface area contributed by atoms with Crippen LogP contribution in [0.1, 0.15) is 37.9 Å². The number of aryl methyl sites for hydroxylation is 2. The van der Waals surface area contributed by atoms with Gasteiger partial charge in [0, 0.05) is 35.0 Å². The van der Waals surface area contributed by atoms with Crippen LogP contribution in [0, 0.1) is 13.8 Å². The van der Waals surface area contributed by atoms with Crippen LogP contribution >= 0.6 is 15.9 Å². The second-order valence-electron chi connectivity index (χ2n) is 5.77. The predicted molar refractivity (Wildman–Crippen MR) is 102 cm³/mol. The van der Waals surface area contributed by atoms with E-state index in [1.54, 1.807) is 0 Å². The maximum atomic E-state index is 4.71. The van der Waals surface area contributed by atoms with Gasteiger partial charge >= 0.3 is 0 Å². The Kier molecular flexibility index (Phi) is 6.39. The molecule has 2 aromatic rings. The predicted octanol–water partition coefficient (Wildman–Crippen LogP) is 5.23. The van der Waals surface area contributed by atoms with E-state index in [1.165, 1.54) is 5.56 Å². The zero-order chi connectivity index (χ0) is 16.8. The molecule has 0 saturated heterocycles. The first kappa shape index (κ1) is 17.7. The second kappa shape index (κ2) is 8.29. The van der Waals surface area contributed by atoms with E-state index in [4.69, 9.17) is 4.98 Å². The van der Waals surface area contributed by atoms with Crippen molar-refractivity contribution in [3.63, 3.8) is 0 Å². The van der Waals surface area contributed by atoms with Gasteiger partial charge in [0.15, 0.2) is 0 Å². The molecule has 1 aromatic carbocycles. The van der Waals surface area contributed by atoms with Crippen molar-refractivity contribution in [2.45, 2.75) is 40.5 Å². The Labute approximate surface area is 147 Å². The van der Waals surface area contributed by atoms with Gasteiger partial charge < -0.3 is 10.2 Å². The van der Waals surface area contributed by atoms with E-state index in [1.807, 2.05) is 13.0 Å². The lowest BCUT2D eigenvalue weighted by molar-refractivity contribution is 0.720. The molecule has 0 fully saturated rings. The third-order valence-electron chi connectivity index (χ3n) is 3.56. The largest absolute Gasteiger partial charge is 0.341 e. The van der Waals surface area contributed by atoms with E-state index < -0.39 is 0 Å². The molecule has 1 N–H and O–H groups in total. The summed E-state index contributed by atoms with van der Waals surface area (Å²) in [5.74, 6) is 1.64. The van der Waals surface area contributed by atoms with E-state index in [0.29, 0.717) is 0 Å². The Morgan fingerprint density at radius 3 is 2.35 bits per heavy atom. The number of halogens is 1. The van der Waals surface area contributed by atoms with Crippen molar-refractivity contribution in [1.82, 2.24) is 9.97 Å². The fourth-order valence-electron chi connectivity index (χ4n) is 2.43. The van der Waals surface area contributed by atoms with Gasteiger partial charge in [0.25, 0.3) is 0 Å². The maximum Gasteiger partial charge on any atom is 0.227 e. The minimum absolute atomic E-state index is 0.808. The lowest BCUT2D eigenvalue weighted by atomic mass is 10.2. The monoisotopic (exact) mass is 376 g/mol. The number of hydrogen-bond donors (Lipinski definition) is 1. The van der Waals surface area contributed by atoms with Crippen LogP contribution in [0.2, 0.25) is 0 Å².